The molecule has 1 amide bonds. The molecule has 0 aliphatic heterocycles. The standard InChI is InChI=1S/C7H9N7OS/c1-8-7-14-13-6(16-7)5(15)9-2-4-10-3-11-12-4/h3H,2H2,1H3,(H,8,14)(H,9,15)(H,10,11,12). The molecule has 0 aliphatic rings. The maximum absolute atomic E-state index is 11.6. The Labute approximate surface area is 94.5 Å². The Bertz CT molecular complexity index is 465. The van der Waals surface area contributed by atoms with Crippen molar-refractivity contribution in [1.29, 1.82) is 0 Å². The van der Waals surface area contributed by atoms with Crippen LogP contribution in [0, 0.1) is 0 Å². The van der Waals surface area contributed by atoms with Crippen LogP contribution in [0.25, 0.3) is 0 Å². The molecule has 8 nitrogen and oxygen atoms in total. The summed E-state index contributed by atoms with van der Waals surface area (Å²) in [6.07, 6.45) is 1.38. The van der Waals surface area contributed by atoms with Gasteiger partial charge < -0.3 is 10.6 Å². The number of H-pyrrole nitrogens is 1. The van der Waals surface area contributed by atoms with E-state index in [4.69, 9.17) is 0 Å². The lowest BCUT2D eigenvalue weighted by molar-refractivity contribution is 0.0949. The highest BCUT2D eigenvalue weighted by molar-refractivity contribution is 7.17. The number of hydrogen-bond donors (Lipinski definition) is 3. The molecular weight excluding hydrogens is 230 g/mol. The molecule has 0 spiro atoms. The number of aromatic amines is 1. The van der Waals surface area contributed by atoms with E-state index in [2.05, 4.69) is 36.0 Å². The second kappa shape index (κ2) is 4.66. The van der Waals surface area contributed by atoms with E-state index in [1.54, 1.807) is 7.05 Å². The summed E-state index contributed by atoms with van der Waals surface area (Å²) in [6, 6.07) is 0. The molecule has 0 bridgehead atoms. The zero-order chi connectivity index (χ0) is 11.4. The first-order valence-electron chi connectivity index (χ1n) is 4.43. The molecule has 2 aromatic rings. The normalized spacial score (nSPS) is 10.1. The number of rotatable bonds is 4. The molecule has 0 saturated carbocycles. The predicted molar refractivity (Wildman–Crippen MR) is 57.0 cm³/mol. The van der Waals surface area contributed by atoms with E-state index in [1.165, 1.54) is 17.7 Å². The van der Waals surface area contributed by atoms with Crippen molar-refractivity contribution in [3.8, 4) is 0 Å². The predicted octanol–water partition coefficient (Wildman–Crippen LogP) is -0.372. The van der Waals surface area contributed by atoms with Crippen LogP contribution in [-0.4, -0.2) is 38.3 Å². The Morgan fingerprint density at radius 1 is 1.56 bits per heavy atom. The molecular formula is C7H9N7OS. The number of carbonyl (C=O) groups excluding carboxylic acids is 1. The van der Waals surface area contributed by atoms with Gasteiger partial charge in [-0.1, -0.05) is 11.3 Å². The third kappa shape index (κ3) is 2.31. The van der Waals surface area contributed by atoms with Crippen LogP contribution < -0.4 is 10.6 Å². The Balaban J connectivity index is 1.93. The topological polar surface area (TPSA) is 108 Å². The summed E-state index contributed by atoms with van der Waals surface area (Å²) in [5, 5.41) is 20.2. The zero-order valence-electron chi connectivity index (χ0n) is 8.39. The van der Waals surface area contributed by atoms with Crippen LogP contribution >= 0.6 is 11.3 Å². The smallest absolute Gasteiger partial charge is 0.282 e. The molecule has 2 rings (SSSR count). The molecule has 3 N–H and O–H groups in total. The number of anilines is 1. The quantitative estimate of drug-likeness (QED) is 0.671. The van der Waals surface area contributed by atoms with Crippen molar-refractivity contribution in [3.05, 3.63) is 17.2 Å². The average molecular weight is 239 g/mol. The highest BCUT2D eigenvalue weighted by atomic mass is 32.1. The molecule has 16 heavy (non-hydrogen) atoms. The lowest BCUT2D eigenvalue weighted by atomic mass is 10.5. The van der Waals surface area contributed by atoms with Crippen molar-refractivity contribution in [2.75, 3.05) is 12.4 Å². The molecule has 0 atom stereocenters. The first-order valence-corrected chi connectivity index (χ1v) is 5.25. The van der Waals surface area contributed by atoms with Gasteiger partial charge in [0.1, 0.15) is 12.2 Å². The molecule has 0 aliphatic carbocycles. The van der Waals surface area contributed by atoms with Gasteiger partial charge in [-0.3, -0.25) is 9.89 Å². The van der Waals surface area contributed by atoms with Crippen LogP contribution in [-0.2, 0) is 6.54 Å². The second-order valence-corrected chi connectivity index (χ2v) is 3.75. The summed E-state index contributed by atoms with van der Waals surface area (Å²) in [6.45, 7) is 0.285. The average Bonchev–Trinajstić information content (AvgIpc) is 2.96. The first-order chi connectivity index (χ1) is 7.79. The SMILES string of the molecule is CNc1nnc(C(=O)NCc2ncn[nH]2)s1. The van der Waals surface area contributed by atoms with Crippen molar-refractivity contribution in [1.82, 2.24) is 30.7 Å². The van der Waals surface area contributed by atoms with Crippen LogP contribution in [0.1, 0.15) is 15.6 Å². The van der Waals surface area contributed by atoms with Gasteiger partial charge in [-0.2, -0.15) is 5.10 Å². The number of carbonyl (C=O) groups is 1. The Kier molecular flexibility index (Phi) is 3.05. The largest absolute Gasteiger partial charge is 0.363 e. The maximum Gasteiger partial charge on any atom is 0.282 e. The molecule has 2 aromatic heterocycles. The lowest BCUT2D eigenvalue weighted by Crippen LogP contribution is -2.23. The lowest BCUT2D eigenvalue weighted by Gasteiger charge is -1.97. The summed E-state index contributed by atoms with van der Waals surface area (Å²) < 4.78 is 0. The third-order valence-corrected chi connectivity index (χ3v) is 2.65. The van der Waals surface area contributed by atoms with Crippen molar-refractivity contribution < 1.29 is 4.79 Å². The van der Waals surface area contributed by atoms with E-state index in [9.17, 15) is 4.79 Å². The fourth-order valence-corrected chi connectivity index (χ4v) is 1.58. The molecule has 9 heteroatoms. The van der Waals surface area contributed by atoms with E-state index in [-0.39, 0.29) is 12.5 Å². The fourth-order valence-electron chi connectivity index (χ4n) is 0.972. The summed E-state index contributed by atoms with van der Waals surface area (Å²) >= 11 is 1.19. The van der Waals surface area contributed by atoms with Crippen LogP contribution in [0.3, 0.4) is 0 Å². The van der Waals surface area contributed by atoms with Gasteiger partial charge in [0.2, 0.25) is 10.1 Å². The van der Waals surface area contributed by atoms with Gasteiger partial charge in [-0.15, -0.1) is 10.2 Å². The van der Waals surface area contributed by atoms with Gasteiger partial charge in [0.25, 0.3) is 5.91 Å². The van der Waals surface area contributed by atoms with Crippen molar-refractivity contribution >= 4 is 22.4 Å². The molecule has 84 valence electrons. The minimum Gasteiger partial charge on any atom is -0.363 e. The summed E-state index contributed by atoms with van der Waals surface area (Å²) in [5.74, 6) is 0.308. The number of nitrogens with zero attached hydrogens (tertiary/aromatic N) is 4. The number of nitrogens with one attached hydrogen (secondary N) is 3. The minimum atomic E-state index is -0.282. The minimum absolute atomic E-state index is 0.282. The Morgan fingerprint density at radius 2 is 2.44 bits per heavy atom. The van der Waals surface area contributed by atoms with Crippen LogP contribution in [0.15, 0.2) is 6.33 Å². The van der Waals surface area contributed by atoms with Gasteiger partial charge in [-0.05, 0) is 0 Å². The van der Waals surface area contributed by atoms with E-state index in [1.807, 2.05) is 0 Å². The van der Waals surface area contributed by atoms with Crippen LogP contribution in [0.4, 0.5) is 5.13 Å². The van der Waals surface area contributed by atoms with Gasteiger partial charge in [0.15, 0.2) is 0 Å². The van der Waals surface area contributed by atoms with E-state index < -0.39 is 0 Å². The zero-order valence-corrected chi connectivity index (χ0v) is 9.21. The Morgan fingerprint density at radius 3 is 3.06 bits per heavy atom. The van der Waals surface area contributed by atoms with Gasteiger partial charge >= 0.3 is 0 Å². The molecule has 0 unspecified atom stereocenters. The van der Waals surface area contributed by atoms with Crippen LogP contribution in [0.2, 0.25) is 0 Å². The van der Waals surface area contributed by atoms with Crippen molar-refractivity contribution in [2.45, 2.75) is 6.54 Å². The van der Waals surface area contributed by atoms with Crippen molar-refractivity contribution in [3.63, 3.8) is 0 Å². The summed E-state index contributed by atoms with van der Waals surface area (Å²) in [5.41, 5.74) is 0. The van der Waals surface area contributed by atoms with Gasteiger partial charge in [0, 0.05) is 7.05 Å². The number of amides is 1. The van der Waals surface area contributed by atoms with Crippen molar-refractivity contribution in [2.24, 2.45) is 0 Å². The maximum atomic E-state index is 11.6. The second-order valence-electron chi connectivity index (χ2n) is 2.78. The van der Waals surface area contributed by atoms with Gasteiger partial charge in [0.05, 0.1) is 6.54 Å². The van der Waals surface area contributed by atoms with E-state index in [0.29, 0.717) is 16.0 Å². The molecule has 0 saturated heterocycles. The highest BCUT2D eigenvalue weighted by Gasteiger charge is 2.12. The molecule has 0 aromatic carbocycles. The number of hydrogen-bond acceptors (Lipinski definition) is 7. The highest BCUT2D eigenvalue weighted by Crippen LogP contribution is 2.13. The molecule has 2 heterocycles. The summed E-state index contributed by atoms with van der Waals surface area (Å²) in [4.78, 5) is 15.5. The summed E-state index contributed by atoms with van der Waals surface area (Å²) in [7, 11) is 1.72. The van der Waals surface area contributed by atoms with Gasteiger partial charge in [-0.25, -0.2) is 4.98 Å². The first kappa shape index (κ1) is 10.5. The van der Waals surface area contributed by atoms with Crippen LogP contribution in [0.5, 0.6) is 0 Å². The fraction of sp³-hybridized carbons (Fsp3) is 0.286. The Hall–Kier alpha value is -2.03. The third-order valence-electron chi connectivity index (χ3n) is 1.71. The van der Waals surface area contributed by atoms with E-state index >= 15 is 0 Å². The molecule has 0 fully saturated rings. The monoisotopic (exact) mass is 239 g/mol. The molecule has 0 radical (unpaired) electrons. The number of aromatic nitrogens is 5. The van der Waals surface area contributed by atoms with E-state index in [0.717, 1.165) is 0 Å².